The molecule has 1 aliphatic heterocycles. The molecular weight excluding hydrogens is 582 g/mol. The van der Waals surface area contributed by atoms with E-state index in [4.69, 9.17) is 39.8 Å². The van der Waals surface area contributed by atoms with Gasteiger partial charge in [-0.3, -0.25) is 9.69 Å². The Kier molecular flexibility index (Phi) is 8.33. The van der Waals surface area contributed by atoms with Gasteiger partial charge in [0.2, 0.25) is 0 Å². The highest BCUT2D eigenvalue weighted by atomic mass is 35.5. The second kappa shape index (κ2) is 13.5. The van der Waals surface area contributed by atoms with Crippen LogP contribution in [0.25, 0.3) is 0 Å². The highest BCUT2D eigenvalue weighted by Gasteiger charge is 2.31. The Balaban J connectivity index is -0.00000000191. The number of hydrogen-bond acceptors (Lipinski definition) is 9. The van der Waals surface area contributed by atoms with Crippen LogP contribution in [-0.4, -0.2) is 76.2 Å². The molecule has 3 heterocycles. The summed E-state index contributed by atoms with van der Waals surface area (Å²) in [5, 5.41) is 13.6. The Bertz CT molecular complexity index is 1650. The minimum absolute atomic E-state index is 0. The Morgan fingerprint density at radius 3 is 2.47 bits per heavy atom. The molecule has 2 atom stereocenters. The van der Waals surface area contributed by atoms with Gasteiger partial charge in [0.25, 0.3) is 5.91 Å². The number of aromatic nitrogens is 3. The molecule has 1 aliphatic rings. The first kappa shape index (κ1) is 26.6. The molecule has 1 fully saturated rings. The van der Waals surface area contributed by atoms with Gasteiger partial charge in [-0.15, -0.1) is 0 Å². The van der Waals surface area contributed by atoms with Crippen LogP contribution in [0, 0.1) is 20.8 Å². The van der Waals surface area contributed by atoms with Gasteiger partial charge in [-0.05, 0) is 63.3 Å². The lowest BCUT2D eigenvalue weighted by molar-refractivity contribution is 0.0996. The van der Waals surface area contributed by atoms with Gasteiger partial charge >= 0.3 is 0 Å². The molecule has 1 saturated heterocycles. The number of aliphatic hydroxyl groups is 1. The third-order valence-corrected chi connectivity index (χ3v) is 9.43. The summed E-state index contributed by atoms with van der Waals surface area (Å²) in [6, 6.07) is 2.59. The van der Waals surface area contributed by atoms with Crippen molar-refractivity contribution in [2.75, 3.05) is 48.4 Å². The minimum atomic E-state index is -0.228. The van der Waals surface area contributed by atoms with E-state index < -0.39 is 0 Å². The molecule has 1 amide bonds. The number of nitrogens with zero attached hydrogens (tertiary/aromatic N) is 6. The standard InChI is InChI=1S/C32H46ClN7O2S.116H2/c1-17(2)27-22(8)19(5)13-24(33)28(27)38(10)31(42)29-23(9)34-32(43-29)36-25-14-26(37-30(35-25)18(3)4)40-20(6)15-39(11-12-41)16-21(40)7;;;;;;;;;;;;;;;;;;;;;;;;;;;;;;;;;;;;;;;;;;;;;;;;;;;;;;;;;;;;;;;;;;;;;;;;;;;;;;;;;;;;;;;;;;;;;;;;;;;;;;;;;;;;;;;;;;;;/h13-14,17-18,20-21,41H,11-12,15-16H2,1-10H3,(H,34,35,36,37);116*1H/i13D;4*1+1D;;;;;;;;;;;;;;;;;;;;;;;;;;;;;;;;;;;;;;;;;;;;;;;;;;;;;;;;;;;;;;;;;;;;;;;;;;;;;;;;;;;;;;;;;;;;;;;;;;;;;;;;;;;;;;;;. The van der Waals surface area contributed by atoms with Crippen molar-refractivity contribution in [2.45, 2.75) is 86.2 Å². The van der Waals surface area contributed by atoms with E-state index in [0.29, 0.717) is 33.8 Å². The van der Waals surface area contributed by atoms with Gasteiger partial charge in [0.05, 0.1) is 24.4 Å². The Hall–Kier alpha value is -2.79. The number of aliphatic hydroxyl groups excluding tert-OH is 1. The number of rotatable bonds is 9. The van der Waals surface area contributed by atoms with E-state index in [2.05, 4.69) is 56.7 Å². The van der Waals surface area contributed by atoms with Crippen LogP contribution >= 0.6 is 22.9 Å². The number of aryl methyl sites for hydroxylation is 1. The number of nitrogens with one attached hydrogen (secondary N) is 1. The second-order valence-electron chi connectivity index (χ2n) is 12.2. The Morgan fingerprint density at radius 1 is 1.23 bits per heavy atom. The maximum Gasteiger partial charge on any atom is 0.270 e. The molecule has 0 aliphatic carbocycles. The fourth-order valence-corrected chi connectivity index (χ4v) is 7.30. The van der Waals surface area contributed by atoms with Crippen molar-refractivity contribution in [1.82, 2.24) is 19.9 Å². The third-order valence-electron chi connectivity index (χ3n) is 8.09. The van der Waals surface area contributed by atoms with Gasteiger partial charge < -0.3 is 20.2 Å². The number of hydrogen-bond donors (Lipinski definition) is 2. The fourth-order valence-electron chi connectivity index (χ4n) is 5.98. The molecule has 11 heteroatoms. The summed E-state index contributed by atoms with van der Waals surface area (Å²) in [5.41, 5.74) is 3.95. The van der Waals surface area contributed by atoms with Crippen LogP contribution in [0.2, 0.25) is 5.02 Å². The largest absolute Gasteiger partial charge is 0.395 e. The van der Waals surface area contributed by atoms with Gasteiger partial charge in [-0.25, -0.2) is 15.0 Å². The van der Waals surface area contributed by atoms with Crippen molar-refractivity contribution < 1.29 is 183 Å². The van der Waals surface area contributed by atoms with Crippen LogP contribution in [0.4, 0.5) is 22.5 Å². The molecule has 9 nitrogen and oxygen atoms in total. The number of anilines is 4. The van der Waals surface area contributed by atoms with Crippen molar-refractivity contribution in [3.05, 3.63) is 50.2 Å². The predicted molar refractivity (Wildman–Crippen MR) is 424 cm³/mol. The van der Waals surface area contributed by atoms with Crippen molar-refractivity contribution in [3.63, 3.8) is 0 Å². The number of piperazine rings is 1. The zero-order valence-electron chi connectivity index (χ0n) is 36.0. The number of halogens is 1. The fraction of sp³-hybridized carbons (Fsp3) is 0.562. The van der Waals surface area contributed by atoms with Crippen LogP contribution in [0.3, 0.4) is 0 Å². The lowest BCUT2D eigenvalue weighted by Gasteiger charge is -2.45. The van der Waals surface area contributed by atoms with E-state index >= 15 is 0 Å². The Labute approximate surface area is 445 Å². The molecule has 0 saturated carbocycles. The van der Waals surface area contributed by atoms with Crippen LogP contribution in [0.15, 0.2) is 12.1 Å². The van der Waals surface area contributed by atoms with E-state index in [9.17, 15) is 9.90 Å². The summed E-state index contributed by atoms with van der Waals surface area (Å²) in [7, 11) is 1.71. The molecule has 466 valence electrons. The number of β-amino-alcohol motifs (C(OH)–C–C–N with tert-alkyl or cyclic N) is 1. The minimum Gasteiger partial charge on any atom is -0.395 e. The predicted octanol–water partition coefficient (Wildman–Crippen LogP) is 35.2. The average molecular weight is 871 g/mol. The molecule has 43 heavy (non-hydrogen) atoms. The Morgan fingerprint density at radius 2 is 1.88 bits per heavy atom. The topological polar surface area (TPSA) is 97.7 Å². The number of carbonyl (C=O) groups is 1. The van der Waals surface area contributed by atoms with Gasteiger partial charge in [-0.2, -0.15) is 0 Å². The highest BCUT2D eigenvalue weighted by Crippen LogP contribution is 2.40. The summed E-state index contributed by atoms with van der Waals surface area (Å²) in [4.78, 5) is 35.0. The van der Waals surface area contributed by atoms with Gasteiger partial charge in [0, 0.05) is 222 Å². The summed E-state index contributed by atoms with van der Waals surface area (Å²) < 4.78 is 48.5. The molecule has 2 unspecified atom stereocenters. The van der Waals surface area contributed by atoms with E-state index in [1.807, 2.05) is 26.8 Å². The van der Waals surface area contributed by atoms with Crippen molar-refractivity contribution >= 4 is 51.3 Å². The lowest BCUT2D eigenvalue weighted by Crippen LogP contribution is -2.57. The molecule has 4 rings (SSSR count). The average Bonchev–Trinajstić information content (AvgIpc) is 3.50. The van der Waals surface area contributed by atoms with Gasteiger partial charge in [0.15, 0.2) is 5.13 Å². The summed E-state index contributed by atoms with van der Waals surface area (Å²) >= 11 is 8.00. The van der Waals surface area contributed by atoms with Gasteiger partial charge in [-0.1, -0.05) is 50.6 Å². The monoisotopic (exact) mass is 870 g/mol. The first-order valence-corrected chi connectivity index (χ1v) is 16.2. The zero-order valence-corrected chi connectivity index (χ0v) is 28.6. The first-order chi connectivity index (χ1) is 24.7. The van der Waals surface area contributed by atoms with Crippen molar-refractivity contribution in [1.29, 1.82) is 0 Å². The van der Waals surface area contributed by atoms with E-state index in [0.717, 1.165) is 41.4 Å². The first-order valence-electron chi connectivity index (χ1n) is 19.5. The normalized spacial score (nSPS) is 18.7. The molecule has 0 bridgehead atoms. The summed E-state index contributed by atoms with van der Waals surface area (Å²) in [6.07, 6.45) is 0. The maximum absolute atomic E-state index is 13.9. The van der Waals surface area contributed by atoms with Gasteiger partial charge in [0.1, 0.15) is 22.3 Å². The molecule has 0 radical (unpaired) electrons. The quantitative estimate of drug-likeness (QED) is 0.219. The van der Waals surface area contributed by atoms with Crippen molar-refractivity contribution in [2.24, 2.45) is 0 Å². The van der Waals surface area contributed by atoms with E-state index in [1.165, 1.54) is 11.3 Å². The van der Waals surface area contributed by atoms with E-state index in [-0.39, 0.29) is 207 Å². The molecule has 3 aromatic rings. The summed E-state index contributed by atoms with van der Waals surface area (Å²) in [5.74, 6) is 2.19. The zero-order chi connectivity index (χ0) is 40.6. The van der Waals surface area contributed by atoms with Crippen LogP contribution < -0.4 is 15.1 Å². The third kappa shape index (κ3) is 6.98. The van der Waals surface area contributed by atoms with Crippen LogP contribution in [0.1, 0.15) is 264 Å². The molecule has 2 N–H and O–H groups in total. The number of amides is 1. The number of benzene rings is 1. The molecule has 2 aromatic heterocycles. The molecule has 1 aromatic carbocycles. The van der Waals surface area contributed by atoms with Crippen LogP contribution in [-0.2, 0) is 0 Å². The SMILES string of the molecule is [2H][2H].[2H][2H].[2H][2H].[2H][2H].[2H]c1c(C)c(C)c(C(C)C)c(N(C)C(=O)c2sc(Nc3cc(N4C(C)CN(CCO)CC4C)nc(C(C)C)n3)nc2C)c1Cl.[HH].[HH].[HH].[HH].[HH].[HH].[HH].[HH].[HH].[HH].[HH].[HH].[HH].[HH].[HH].[HH].[HH].[HH].[HH].[HH].[HH].[HH].[HH].[HH].[HH].[HH].[HH].[HH].[HH].[HH].[HH].[HH].[HH].[HH].[HH].[HH].[HH].[HH].[HH].[HH].[HH].[HH].[HH].[HH].[HH].[HH].[HH].[HH].[HH].[HH].[HH].[HH].[HH].[HH].[HH].[HH].[HH].[HH].[HH].[HH].[HH].[HH].[HH].[HH].[HH].[HH].[HH].[HH].[HH].[HH].[HH].[HH].[HH].[HH].[HH].[HH].[HH].[HH].[HH].[HH].[HH].[HH].[HH].[HH].[HH].[HH].[HH].[HH].[HH].[HH].[HH].[HH].[HH].[HH].[HH].[HH].[HH].[HH].[HH].[HH].[HH].[HH].[HH].[HH].[HH].[HH].[HH].[HH].[HH].[HH].[HH].[HH]. The summed E-state index contributed by atoms with van der Waals surface area (Å²) in [6.45, 7) is 20.8. The van der Waals surface area contributed by atoms with Crippen molar-refractivity contribution in [3.8, 4) is 0 Å². The van der Waals surface area contributed by atoms with E-state index in [1.54, 1.807) is 11.9 Å². The van der Waals surface area contributed by atoms with Crippen LogP contribution in [0.5, 0.6) is 0 Å². The second-order valence-corrected chi connectivity index (χ2v) is 13.6. The maximum atomic E-state index is 13.9. The number of thiazole rings is 1. The smallest absolute Gasteiger partial charge is 0.270 e. The molecular formula is C32H278ClN7O2S. The molecule has 0 spiro atoms. The highest BCUT2D eigenvalue weighted by molar-refractivity contribution is 7.17. The lowest BCUT2D eigenvalue weighted by atomic mass is 9.92. The number of carbonyl (C=O) groups excluding carboxylic acids is 1.